The first-order valence-electron chi connectivity index (χ1n) is 5.37. The molecule has 0 saturated carbocycles. The van der Waals surface area contributed by atoms with Crippen molar-refractivity contribution in [2.24, 2.45) is 7.05 Å². The van der Waals surface area contributed by atoms with Gasteiger partial charge in [-0.2, -0.15) is 0 Å². The highest BCUT2D eigenvalue weighted by Gasteiger charge is 2.20. The molecule has 6 nitrogen and oxygen atoms in total. The predicted octanol–water partition coefficient (Wildman–Crippen LogP) is -0.267. The molecule has 2 aromatic rings. The van der Waals surface area contributed by atoms with Gasteiger partial charge < -0.3 is 14.9 Å². The highest BCUT2D eigenvalue weighted by atomic mass is 16.1. The minimum atomic E-state index is -0.105. The van der Waals surface area contributed by atoms with E-state index in [0.717, 1.165) is 25.3 Å². The van der Waals surface area contributed by atoms with Crippen LogP contribution in [0.2, 0.25) is 0 Å². The number of aryl methyl sites for hydroxylation is 1. The van der Waals surface area contributed by atoms with E-state index in [-0.39, 0.29) is 5.56 Å². The maximum atomic E-state index is 11.9. The summed E-state index contributed by atoms with van der Waals surface area (Å²) in [5.41, 5.74) is 0.967. The van der Waals surface area contributed by atoms with Gasteiger partial charge in [-0.1, -0.05) is 0 Å². The smallest absolute Gasteiger partial charge is 0.277 e. The molecule has 3 heterocycles. The van der Waals surface area contributed by atoms with Crippen LogP contribution in [-0.4, -0.2) is 32.6 Å². The molecule has 16 heavy (non-hydrogen) atoms. The minimum absolute atomic E-state index is 0.105. The summed E-state index contributed by atoms with van der Waals surface area (Å²) in [5, 5.41) is 3.26. The monoisotopic (exact) mass is 219 g/mol. The molecule has 0 spiro atoms. The summed E-state index contributed by atoms with van der Waals surface area (Å²) in [7, 11) is 1.79. The van der Waals surface area contributed by atoms with Crippen molar-refractivity contribution in [1.82, 2.24) is 24.8 Å². The topological polar surface area (TPSA) is 75.6 Å². The second kappa shape index (κ2) is 3.41. The van der Waals surface area contributed by atoms with Crippen molar-refractivity contribution in [3.05, 3.63) is 22.5 Å². The molecule has 84 valence electrons. The van der Waals surface area contributed by atoms with Gasteiger partial charge in [0.05, 0.1) is 6.33 Å². The van der Waals surface area contributed by atoms with Gasteiger partial charge in [0, 0.05) is 19.5 Å². The van der Waals surface area contributed by atoms with E-state index in [1.807, 2.05) is 0 Å². The normalized spacial score (nSPS) is 20.7. The number of imidazole rings is 1. The van der Waals surface area contributed by atoms with Gasteiger partial charge in [-0.05, 0) is 13.0 Å². The average Bonchev–Trinajstić information content (AvgIpc) is 2.87. The Morgan fingerprint density at radius 2 is 2.44 bits per heavy atom. The van der Waals surface area contributed by atoms with E-state index >= 15 is 0 Å². The SMILES string of the molecule is Cn1cnc2nc(C3CCNC3)[nH]c(=O)c21. The largest absolute Gasteiger partial charge is 0.328 e. The van der Waals surface area contributed by atoms with E-state index < -0.39 is 0 Å². The van der Waals surface area contributed by atoms with E-state index in [1.54, 1.807) is 17.9 Å². The van der Waals surface area contributed by atoms with Crippen molar-refractivity contribution in [3.8, 4) is 0 Å². The maximum Gasteiger partial charge on any atom is 0.277 e. The van der Waals surface area contributed by atoms with Crippen LogP contribution in [-0.2, 0) is 7.05 Å². The summed E-state index contributed by atoms with van der Waals surface area (Å²) >= 11 is 0. The zero-order valence-electron chi connectivity index (χ0n) is 9.03. The van der Waals surface area contributed by atoms with Crippen molar-refractivity contribution >= 4 is 11.2 Å². The number of hydrogen-bond acceptors (Lipinski definition) is 4. The van der Waals surface area contributed by atoms with Crippen LogP contribution in [0, 0.1) is 0 Å². The number of rotatable bonds is 1. The number of nitrogens with zero attached hydrogens (tertiary/aromatic N) is 3. The molecule has 0 aliphatic carbocycles. The predicted molar refractivity (Wildman–Crippen MR) is 59.4 cm³/mol. The van der Waals surface area contributed by atoms with Gasteiger partial charge in [0.1, 0.15) is 5.82 Å². The Bertz CT molecular complexity index is 578. The zero-order chi connectivity index (χ0) is 11.1. The molecule has 1 unspecified atom stereocenters. The number of hydrogen-bond donors (Lipinski definition) is 2. The Morgan fingerprint density at radius 3 is 3.19 bits per heavy atom. The summed E-state index contributed by atoms with van der Waals surface area (Å²) in [6.45, 7) is 1.86. The second-order valence-corrected chi connectivity index (χ2v) is 4.17. The van der Waals surface area contributed by atoms with E-state index in [4.69, 9.17) is 0 Å². The molecule has 1 aliphatic rings. The fourth-order valence-electron chi connectivity index (χ4n) is 2.16. The van der Waals surface area contributed by atoms with Crippen LogP contribution < -0.4 is 10.9 Å². The van der Waals surface area contributed by atoms with Gasteiger partial charge in [0.2, 0.25) is 0 Å². The van der Waals surface area contributed by atoms with Crippen LogP contribution in [0.4, 0.5) is 0 Å². The molecule has 0 amide bonds. The average molecular weight is 219 g/mol. The van der Waals surface area contributed by atoms with Crippen LogP contribution in [0.25, 0.3) is 11.2 Å². The van der Waals surface area contributed by atoms with Crippen molar-refractivity contribution in [1.29, 1.82) is 0 Å². The second-order valence-electron chi connectivity index (χ2n) is 4.17. The first-order valence-corrected chi connectivity index (χ1v) is 5.37. The summed E-state index contributed by atoms with van der Waals surface area (Å²) < 4.78 is 1.69. The molecule has 3 rings (SSSR count). The Morgan fingerprint density at radius 1 is 1.56 bits per heavy atom. The number of aromatic nitrogens is 4. The molecule has 1 saturated heterocycles. The molecule has 2 N–H and O–H groups in total. The number of fused-ring (bicyclic) bond motifs is 1. The van der Waals surface area contributed by atoms with Crippen LogP contribution >= 0.6 is 0 Å². The summed E-state index contributed by atoms with van der Waals surface area (Å²) in [4.78, 5) is 23.2. The quantitative estimate of drug-likeness (QED) is 0.692. The Kier molecular flexibility index (Phi) is 2.03. The molecule has 0 bridgehead atoms. The standard InChI is InChI=1S/C10H13N5O/c1-15-5-12-9-7(15)10(16)14-8(13-9)6-2-3-11-4-6/h5-6,11H,2-4H2,1H3,(H,13,14,16). The van der Waals surface area contributed by atoms with Gasteiger partial charge in [-0.3, -0.25) is 4.79 Å². The van der Waals surface area contributed by atoms with Crippen molar-refractivity contribution in [3.63, 3.8) is 0 Å². The maximum absolute atomic E-state index is 11.9. The third-order valence-electron chi connectivity index (χ3n) is 3.05. The van der Waals surface area contributed by atoms with Crippen LogP contribution in [0.15, 0.2) is 11.1 Å². The zero-order valence-corrected chi connectivity index (χ0v) is 9.03. The van der Waals surface area contributed by atoms with Crippen LogP contribution in [0.5, 0.6) is 0 Å². The van der Waals surface area contributed by atoms with E-state index in [0.29, 0.717) is 17.1 Å². The summed E-state index contributed by atoms with van der Waals surface area (Å²) in [5.74, 6) is 1.06. The van der Waals surface area contributed by atoms with E-state index in [2.05, 4.69) is 20.3 Å². The molecule has 6 heteroatoms. The number of H-pyrrole nitrogens is 1. The van der Waals surface area contributed by atoms with Gasteiger partial charge in [0.15, 0.2) is 11.2 Å². The minimum Gasteiger partial charge on any atom is -0.328 e. The lowest BCUT2D eigenvalue weighted by atomic mass is 10.1. The molecule has 2 aromatic heterocycles. The van der Waals surface area contributed by atoms with Gasteiger partial charge >= 0.3 is 0 Å². The third kappa shape index (κ3) is 1.34. The molecule has 0 radical (unpaired) electrons. The van der Waals surface area contributed by atoms with E-state index in [1.165, 1.54) is 0 Å². The summed E-state index contributed by atoms with van der Waals surface area (Å²) in [6.07, 6.45) is 2.63. The fourth-order valence-corrected chi connectivity index (χ4v) is 2.16. The Balaban J connectivity index is 2.17. The highest BCUT2D eigenvalue weighted by Crippen LogP contribution is 2.18. The summed E-state index contributed by atoms with van der Waals surface area (Å²) in [6, 6.07) is 0. The Labute approximate surface area is 91.7 Å². The lowest BCUT2D eigenvalue weighted by Crippen LogP contribution is -2.17. The molecule has 1 atom stereocenters. The van der Waals surface area contributed by atoms with Crippen LogP contribution in [0.1, 0.15) is 18.2 Å². The lowest BCUT2D eigenvalue weighted by molar-refractivity contribution is 0.701. The molecule has 0 aromatic carbocycles. The highest BCUT2D eigenvalue weighted by molar-refractivity contribution is 5.69. The van der Waals surface area contributed by atoms with Crippen molar-refractivity contribution < 1.29 is 0 Å². The van der Waals surface area contributed by atoms with Crippen molar-refractivity contribution in [2.45, 2.75) is 12.3 Å². The van der Waals surface area contributed by atoms with Crippen LogP contribution in [0.3, 0.4) is 0 Å². The fraction of sp³-hybridized carbons (Fsp3) is 0.500. The van der Waals surface area contributed by atoms with Gasteiger partial charge in [-0.25, -0.2) is 9.97 Å². The molecular weight excluding hydrogens is 206 g/mol. The molecule has 1 aliphatic heterocycles. The van der Waals surface area contributed by atoms with Gasteiger partial charge in [0.25, 0.3) is 5.56 Å². The van der Waals surface area contributed by atoms with Crippen molar-refractivity contribution in [2.75, 3.05) is 13.1 Å². The third-order valence-corrected chi connectivity index (χ3v) is 3.05. The first-order chi connectivity index (χ1) is 7.75. The first kappa shape index (κ1) is 9.53. The lowest BCUT2D eigenvalue weighted by Gasteiger charge is -2.06. The Hall–Kier alpha value is -1.69. The molecular formula is C10H13N5O. The van der Waals surface area contributed by atoms with E-state index in [9.17, 15) is 4.79 Å². The number of nitrogens with one attached hydrogen (secondary N) is 2. The molecule has 1 fully saturated rings. The van der Waals surface area contributed by atoms with Gasteiger partial charge in [-0.15, -0.1) is 0 Å². The number of aromatic amines is 1.